The van der Waals surface area contributed by atoms with Crippen LogP contribution in [-0.4, -0.2) is 59.5 Å². The molecule has 0 aliphatic carbocycles. The third-order valence-corrected chi connectivity index (χ3v) is 8.75. The lowest BCUT2D eigenvalue weighted by Gasteiger charge is -2.29. The molecule has 0 radical (unpaired) electrons. The van der Waals surface area contributed by atoms with Crippen molar-refractivity contribution < 1.29 is 18.0 Å². The van der Waals surface area contributed by atoms with Gasteiger partial charge in [0, 0.05) is 19.6 Å². The van der Waals surface area contributed by atoms with Crippen molar-refractivity contribution in [3.63, 3.8) is 0 Å². The molecule has 180 valence electrons. The topological polar surface area (TPSA) is 105 Å². The van der Waals surface area contributed by atoms with Gasteiger partial charge in [-0.3, -0.25) is 9.59 Å². The van der Waals surface area contributed by atoms with Gasteiger partial charge in [0.15, 0.2) is 5.16 Å². The summed E-state index contributed by atoms with van der Waals surface area (Å²) in [7, 11) is -3.60. The standard InChI is InChI=1S/C23H27N5O4S2/c1-4-26(5-2)34(31,32)16-11-12-20-18(13-16)25-23(27(20)6-3)33-15-22(30)28-14-21(29)24-17-9-7-8-10-19(17)28/h7-13H,4-6,14-15H2,1-3H3,(H,24,29). The first kappa shape index (κ1) is 24.2. The molecule has 11 heteroatoms. The number of para-hydroxylation sites is 2. The van der Waals surface area contributed by atoms with Gasteiger partial charge in [-0.15, -0.1) is 0 Å². The van der Waals surface area contributed by atoms with E-state index >= 15 is 0 Å². The van der Waals surface area contributed by atoms with Crippen LogP contribution in [0.5, 0.6) is 0 Å². The van der Waals surface area contributed by atoms with Crippen molar-refractivity contribution in [1.29, 1.82) is 0 Å². The summed E-state index contributed by atoms with van der Waals surface area (Å²) in [6.07, 6.45) is 0. The highest BCUT2D eigenvalue weighted by Crippen LogP contribution is 2.31. The highest BCUT2D eigenvalue weighted by atomic mass is 32.2. The predicted octanol–water partition coefficient (Wildman–Crippen LogP) is 3.16. The van der Waals surface area contributed by atoms with Crippen LogP contribution in [0.15, 0.2) is 52.5 Å². The molecule has 2 heterocycles. The second-order valence-corrected chi connectivity index (χ2v) is 10.6. The van der Waals surface area contributed by atoms with Gasteiger partial charge in [0.25, 0.3) is 0 Å². The van der Waals surface area contributed by atoms with E-state index in [2.05, 4.69) is 10.3 Å². The number of sulfonamides is 1. The Balaban J connectivity index is 1.59. The van der Waals surface area contributed by atoms with Crippen LogP contribution in [0.4, 0.5) is 11.4 Å². The van der Waals surface area contributed by atoms with Crippen LogP contribution < -0.4 is 10.2 Å². The number of aromatic nitrogens is 2. The quantitative estimate of drug-likeness (QED) is 0.476. The van der Waals surface area contributed by atoms with Gasteiger partial charge in [-0.2, -0.15) is 4.31 Å². The summed E-state index contributed by atoms with van der Waals surface area (Å²) in [4.78, 5) is 31.4. The molecule has 0 unspecified atom stereocenters. The molecule has 1 N–H and O–H groups in total. The number of carbonyl (C=O) groups excluding carboxylic acids is 2. The van der Waals surface area contributed by atoms with Gasteiger partial charge < -0.3 is 14.8 Å². The van der Waals surface area contributed by atoms with E-state index in [0.29, 0.717) is 41.7 Å². The van der Waals surface area contributed by atoms with E-state index in [-0.39, 0.29) is 29.0 Å². The van der Waals surface area contributed by atoms with Crippen molar-refractivity contribution in [2.45, 2.75) is 37.4 Å². The number of fused-ring (bicyclic) bond motifs is 2. The largest absolute Gasteiger partial charge is 0.323 e. The number of amides is 2. The number of benzene rings is 2. The zero-order valence-electron chi connectivity index (χ0n) is 19.3. The number of thioether (sulfide) groups is 1. The Labute approximate surface area is 203 Å². The number of carbonyl (C=O) groups is 2. The molecule has 1 aliphatic heterocycles. The third kappa shape index (κ3) is 4.42. The summed E-state index contributed by atoms with van der Waals surface area (Å²) < 4.78 is 29.2. The summed E-state index contributed by atoms with van der Waals surface area (Å²) >= 11 is 1.27. The van der Waals surface area contributed by atoms with Crippen molar-refractivity contribution in [3.8, 4) is 0 Å². The maximum atomic E-state index is 13.0. The summed E-state index contributed by atoms with van der Waals surface area (Å²) in [6.45, 7) is 6.95. The Hall–Kier alpha value is -2.89. The van der Waals surface area contributed by atoms with Crippen LogP contribution >= 0.6 is 11.8 Å². The van der Waals surface area contributed by atoms with E-state index in [1.807, 2.05) is 31.4 Å². The monoisotopic (exact) mass is 501 g/mol. The second-order valence-electron chi connectivity index (χ2n) is 7.71. The van der Waals surface area contributed by atoms with Crippen molar-refractivity contribution in [3.05, 3.63) is 42.5 Å². The molecule has 0 saturated heterocycles. The van der Waals surface area contributed by atoms with Gasteiger partial charge in [-0.1, -0.05) is 37.7 Å². The zero-order chi connectivity index (χ0) is 24.5. The van der Waals surface area contributed by atoms with Crippen molar-refractivity contribution in [2.24, 2.45) is 0 Å². The Morgan fingerprint density at radius 3 is 2.59 bits per heavy atom. The van der Waals surface area contributed by atoms with Gasteiger partial charge in [0.2, 0.25) is 21.8 Å². The molecule has 1 aromatic heterocycles. The molecule has 4 rings (SSSR count). The molecule has 1 aliphatic rings. The summed E-state index contributed by atoms with van der Waals surface area (Å²) in [5.41, 5.74) is 2.65. The minimum atomic E-state index is -3.60. The lowest BCUT2D eigenvalue weighted by Crippen LogP contribution is -2.43. The average Bonchev–Trinajstić information content (AvgIpc) is 3.19. The number of rotatable bonds is 8. The van der Waals surface area contributed by atoms with Crippen LogP contribution in [-0.2, 0) is 26.2 Å². The molecule has 0 fully saturated rings. The molecule has 3 aromatic rings. The molecule has 2 aromatic carbocycles. The smallest absolute Gasteiger partial charge is 0.244 e. The molecule has 9 nitrogen and oxygen atoms in total. The van der Waals surface area contributed by atoms with E-state index in [1.54, 1.807) is 36.4 Å². The summed E-state index contributed by atoms with van der Waals surface area (Å²) in [6, 6.07) is 12.2. The number of aryl methyl sites for hydroxylation is 1. The van der Waals surface area contributed by atoms with E-state index in [0.717, 1.165) is 5.52 Å². The van der Waals surface area contributed by atoms with Crippen molar-refractivity contribution >= 4 is 56.0 Å². The molecule has 0 saturated carbocycles. The van der Waals surface area contributed by atoms with Gasteiger partial charge in [-0.05, 0) is 37.3 Å². The molecule has 0 atom stereocenters. The molecule has 2 amide bonds. The third-order valence-electron chi connectivity index (χ3n) is 5.74. The molecule has 0 bridgehead atoms. The minimum Gasteiger partial charge on any atom is -0.323 e. The van der Waals surface area contributed by atoms with Gasteiger partial charge in [0.05, 0.1) is 33.1 Å². The van der Waals surface area contributed by atoms with E-state index < -0.39 is 10.0 Å². The highest BCUT2D eigenvalue weighted by Gasteiger charge is 2.27. The van der Waals surface area contributed by atoms with Crippen LogP contribution in [0.2, 0.25) is 0 Å². The van der Waals surface area contributed by atoms with E-state index in [9.17, 15) is 18.0 Å². The molecule has 34 heavy (non-hydrogen) atoms. The maximum absolute atomic E-state index is 13.0. The lowest BCUT2D eigenvalue weighted by molar-refractivity contribution is -0.120. The number of nitrogens with zero attached hydrogens (tertiary/aromatic N) is 4. The second kappa shape index (κ2) is 9.77. The Kier molecular flexibility index (Phi) is 6.96. The first-order valence-electron chi connectivity index (χ1n) is 11.1. The Morgan fingerprint density at radius 2 is 1.88 bits per heavy atom. The minimum absolute atomic E-state index is 0.0345. The number of hydrogen-bond donors (Lipinski definition) is 1. The zero-order valence-corrected chi connectivity index (χ0v) is 20.9. The van der Waals surface area contributed by atoms with Gasteiger partial charge >= 0.3 is 0 Å². The summed E-state index contributed by atoms with van der Waals surface area (Å²) in [5, 5.41) is 3.40. The number of imidazole rings is 1. The van der Waals surface area contributed by atoms with Crippen LogP contribution in [0.3, 0.4) is 0 Å². The average molecular weight is 502 g/mol. The Bertz CT molecular complexity index is 1350. The molecular formula is C23H27N5O4S2. The van der Waals surface area contributed by atoms with Crippen LogP contribution in [0.1, 0.15) is 20.8 Å². The molecular weight excluding hydrogens is 474 g/mol. The van der Waals surface area contributed by atoms with Crippen molar-refractivity contribution in [2.75, 3.05) is 35.6 Å². The van der Waals surface area contributed by atoms with Gasteiger partial charge in [-0.25, -0.2) is 13.4 Å². The fraction of sp³-hybridized carbons (Fsp3) is 0.348. The highest BCUT2D eigenvalue weighted by molar-refractivity contribution is 7.99. The number of nitrogens with one attached hydrogen (secondary N) is 1. The first-order valence-corrected chi connectivity index (χ1v) is 13.5. The SMILES string of the molecule is CCN(CC)S(=O)(=O)c1ccc2c(c1)nc(SCC(=O)N1CC(=O)Nc3ccccc31)n2CC. The normalized spacial score (nSPS) is 13.9. The van der Waals surface area contributed by atoms with Crippen molar-refractivity contribution in [1.82, 2.24) is 13.9 Å². The lowest BCUT2D eigenvalue weighted by atomic mass is 10.2. The molecule has 0 spiro atoms. The van der Waals surface area contributed by atoms with Crippen LogP contribution in [0.25, 0.3) is 11.0 Å². The van der Waals surface area contributed by atoms with E-state index in [1.165, 1.54) is 21.0 Å². The number of anilines is 2. The fourth-order valence-corrected chi connectivity index (χ4v) is 6.47. The predicted molar refractivity (Wildman–Crippen MR) is 134 cm³/mol. The maximum Gasteiger partial charge on any atom is 0.244 e. The van der Waals surface area contributed by atoms with E-state index in [4.69, 9.17) is 0 Å². The summed E-state index contributed by atoms with van der Waals surface area (Å²) in [5.74, 6) is -0.346. The number of hydrogen-bond acceptors (Lipinski definition) is 6. The van der Waals surface area contributed by atoms with Crippen LogP contribution in [0, 0.1) is 0 Å². The first-order chi connectivity index (χ1) is 16.3. The fourth-order valence-electron chi connectivity index (χ4n) is 4.04. The van der Waals surface area contributed by atoms with Gasteiger partial charge in [0.1, 0.15) is 6.54 Å². The Morgan fingerprint density at radius 1 is 1.15 bits per heavy atom.